The van der Waals surface area contributed by atoms with Crippen LogP contribution in [0.1, 0.15) is 36.1 Å². The molecule has 0 aliphatic carbocycles. The minimum absolute atomic E-state index is 0.00210. The summed E-state index contributed by atoms with van der Waals surface area (Å²) in [6, 6.07) is 9.09. The lowest BCUT2D eigenvalue weighted by Crippen LogP contribution is -2.55. The van der Waals surface area contributed by atoms with Gasteiger partial charge in [0.2, 0.25) is 10.1 Å². The van der Waals surface area contributed by atoms with E-state index in [1.54, 1.807) is 0 Å². The molecule has 1 saturated heterocycles. The lowest BCUT2D eigenvalue weighted by Gasteiger charge is -2.42. The third kappa shape index (κ3) is 4.13. The van der Waals surface area contributed by atoms with E-state index in [-0.39, 0.29) is 11.9 Å². The van der Waals surface area contributed by atoms with Crippen molar-refractivity contribution in [3.63, 3.8) is 0 Å². The van der Waals surface area contributed by atoms with Gasteiger partial charge in [0.05, 0.1) is 0 Å². The number of likely N-dealkylation sites (N-methyl/N-ethyl adjacent to an activating group) is 1. The molecule has 1 amide bonds. The molecule has 1 unspecified atom stereocenters. The average Bonchev–Trinajstić information content (AvgIpc) is 3.34. The SMILES string of the molecule is CC(Cc1c[nH]c2ccccc12)NC(=O)c1nnc(N2C[C@@H](C)N(C)[C@@H](C)C2)s1. The first-order valence-electron chi connectivity index (χ1n) is 10.1. The summed E-state index contributed by atoms with van der Waals surface area (Å²) in [6.45, 7) is 8.24. The highest BCUT2D eigenvalue weighted by Gasteiger charge is 2.29. The molecule has 0 bridgehead atoms. The van der Waals surface area contributed by atoms with Crippen LogP contribution in [0.2, 0.25) is 0 Å². The second-order valence-electron chi connectivity index (χ2n) is 8.10. The summed E-state index contributed by atoms with van der Waals surface area (Å²) in [5, 5.41) is 14.0. The first-order chi connectivity index (χ1) is 13.9. The molecule has 29 heavy (non-hydrogen) atoms. The number of piperazine rings is 1. The molecule has 3 heterocycles. The van der Waals surface area contributed by atoms with Crippen molar-refractivity contribution in [1.82, 2.24) is 25.4 Å². The first-order valence-corrected chi connectivity index (χ1v) is 10.9. The average molecular weight is 413 g/mol. The fourth-order valence-corrected chi connectivity index (χ4v) is 4.73. The van der Waals surface area contributed by atoms with Gasteiger partial charge in [0.1, 0.15) is 0 Å². The van der Waals surface area contributed by atoms with Gasteiger partial charge in [-0.15, -0.1) is 10.2 Å². The van der Waals surface area contributed by atoms with E-state index in [1.807, 2.05) is 25.3 Å². The summed E-state index contributed by atoms with van der Waals surface area (Å²) in [6.07, 6.45) is 2.78. The minimum Gasteiger partial charge on any atom is -0.361 e. The molecule has 8 heteroatoms. The Morgan fingerprint density at radius 3 is 2.76 bits per heavy atom. The number of aromatic amines is 1. The molecule has 3 atom stereocenters. The lowest BCUT2D eigenvalue weighted by atomic mass is 10.1. The van der Waals surface area contributed by atoms with Crippen molar-refractivity contribution in [2.75, 3.05) is 25.0 Å². The van der Waals surface area contributed by atoms with Crippen molar-refractivity contribution in [1.29, 1.82) is 0 Å². The van der Waals surface area contributed by atoms with E-state index >= 15 is 0 Å². The monoisotopic (exact) mass is 412 g/mol. The number of hydrogen-bond acceptors (Lipinski definition) is 6. The largest absolute Gasteiger partial charge is 0.361 e. The molecule has 0 spiro atoms. The summed E-state index contributed by atoms with van der Waals surface area (Å²) in [5.74, 6) is -0.156. The van der Waals surface area contributed by atoms with Crippen LogP contribution in [0.15, 0.2) is 30.5 Å². The van der Waals surface area contributed by atoms with E-state index in [1.165, 1.54) is 22.3 Å². The van der Waals surface area contributed by atoms with Crippen LogP contribution in [0.25, 0.3) is 10.9 Å². The summed E-state index contributed by atoms with van der Waals surface area (Å²) >= 11 is 1.37. The highest BCUT2D eigenvalue weighted by molar-refractivity contribution is 7.17. The van der Waals surface area contributed by atoms with Gasteiger partial charge in [-0.1, -0.05) is 29.5 Å². The Kier molecular flexibility index (Phi) is 5.56. The quantitative estimate of drug-likeness (QED) is 0.674. The number of nitrogens with one attached hydrogen (secondary N) is 2. The van der Waals surface area contributed by atoms with Crippen LogP contribution in [-0.2, 0) is 6.42 Å². The molecule has 7 nitrogen and oxygen atoms in total. The molecular formula is C21H28N6OS. The van der Waals surface area contributed by atoms with Gasteiger partial charge in [-0.05, 0) is 45.9 Å². The Morgan fingerprint density at radius 1 is 1.28 bits per heavy atom. The lowest BCUT2D eigenvalue weighted by molar-refractivity contribution is 0.0939. The van der Waals surface area contributed by atoms with Crippen LogP contribution >= 0.6 is 11.3 Å². The van der Waals surface area contributed by atoms with Crippen molar-refractivity contribution in [2.45, 2.75) is 45.3 Å². The van der Waals surface area contributed by atoms with Crippen LogP contribution in [-0.4, -0.2) is 64.3 Å². The molecule has 1 aromatic carbocycles. The first kappa shape index (κ1) is 19.8. The van der Waals surface area contributed by atoms with Crippen molar-refractivity contribution in [2.24, 2.45) is 0 Å². The maximum Gasteiger partial charge on any atom is 0.282 e. The third-order valence-electron chi connectivity index (χ3n) is 5.82. The van der Waals surface area contributed by atoms with Crippen molar-refractivity contribution in [3.05, 3.63) is 41.0 Å². The van der Waals surface area contributed by atoms with Gasteiger partial charge in [0.25, 0.3) is 5.91 Å². The second-order valence-corrected chi connectivity index (χ2v) is 9.05. The van der Waals surface area contributed by atoms with Crippen molar-refractivity contribution >= 4 is 33.3 Å². The van der Waals surface area contributed by atoms with E-state index in [0.717, 1.165) is 30.2 Å². The van der Waals surface area contributed by atoms with Gasteiger partial charge in [0.15, 0.2) is 0 Å². The van der Waals surface area contributed by atoms with Crippen molar-refractivity contribution in [3.8, 4) is 0 Å². The fourth-order valence-electron chi connectivity index (χ4n) is 3.96. The van der Waals surface area contributed by atoms with Crippen LogP contribution in [0.4, 0.5) is 5.13 Å². The normalized spacial score (nSPS) is 21.4. The van der Waals surface area contributed by atoms with E-state index < -0.39 is 0 Å². The molecule has 3 aromatic rings. The molecule has 2 aromatic heterocycles. The summed E-state index contributed by atoms with van der Waals surface area (Å²) in [7, 11) is 2.15. The topological polar surface area (TPSA) is 77.1 Å². The Balaban J connectivity index is 1.39. The maximum atomic E-state index is 12.7. The Labute approximate surface area is 175 Å². The Morgan fingerprint density at radius 2 is 2.00 bits per heavy atom. The van der Waals surface area contributed by atoms with Gasteiger partial charge in [-0.25, -0.2) is 0 Å². The summed E-state index contributed by atoms with van der Waals surface area (Å²) in [4.78, 5) is 20.6. The van der Waals surface area contributed by atoms with Crippen LogP contribution in [0, 0.1) is 0 Å². The highest BCUT2D eigenvalue weighted by atomic mass is 32.1. The number of nitrogens with zero attached hydrogens (tertiary/aromatic N) is 4. The third-order valence-corrected chi connectivity index (χ3v) is 6.80. The van der Waals surface area contributed by atoms with E-state index in [2.05, 4.69) is 63.3 Å². The molecule has 1 aliphatic rings. The van der Waals surface area contributed by atoms with E-state index in [0.29, 0.717) is 17.1 Å². The predicted molar refractivity (Wildman–Crippen MR) is 118 cm³/mol. The van der Waals surface area contributed by atoms with Crippen LogP contribution < -0.4 is 10.2 Å². The molecule has 154 valence electrons. The molecular weight excluding hydrogens is 384 g/mol. The number of benzene rings is 1. The zero-order valence-corrected chi connectivity index (χ0v) is 18.2. The minimum atomic E-state index is -0.156. The van der Waals surface area contributed by atoms with Crippen LogP contribution in [0.3, 0.4) is 0 Å². The number of rotatable bonds is 5. The number of amides is 1. The number of carbonyl (C=O) groups excluding carboxylic acids is 1. The maximum absolute atomic E-state index is 12.7. The van der Waals surface area contributed by atoms with E-state index in [9.17, 15) is 4.79 Å². The number of para-hydroxylation sites is 1. The van der Waals surface area contributed by atoms with Crippen molar-refractivity contribution < 1.29 is 4.79 Å². The number of carbonyl (C=O) groups is 1. The standard InChI is InChI=1S/C21H28N6OS/c1-13(9-16-10-22-18-8-6-5-7-17(16)18)23-19(28)20-24-25-21(29-20)27-11-14(2)26(4)15(3)12-27/h5-8,10,13-15,22H,9,11-12H2,1-4H3,(H,23,28)/t13?,14-,15+. The molecule has 4 rings (SSSR count). The number of hydrogen-bond donors (Lipinski definition) is 2. The zero-order chi connectivity index (χ0) is 20.5. The summed E-state index contributed by atoms with van der Waals surface area (Å²) in [5.41, 5.74) is 2.32. The number of H-pyrrole nitrogens is 1. The van der Waals surface area contributed by atoms with E-state index in [4.69, 9.17) is 0 Å². The Bertz CT molecular complexity index is 986. The molecule has 1 aliphatic heterocycles. The van der Waals surface area contributed by atoms with Gasteiger partial charge in [-0.3, -0.25) is 9.69 Å². The van der Waals surface area contributed by atoms with Gasteiger partial charge in [0, 0.05) is 48.3 Å². The van der Waals surface area contributed by atoms with Gasteiger partial charge < -0.3 is 15.2 Å². The molecule has 0 radical (unpaired) electrons. The predicted octanol–water partition coefficient (Wildman–Crippen LogP) is 2.91. The zero-order valence-electron chi connectivity index (χ0n) is 17.3. The van der Waals surface area contributed by atoms with Gasteiger partial charge >= 0.3 is 0 Å². The number of aromatic nitrogens is 3. The van der Waals surface area contributed by atoms with Crippen LogP contribution in [0.5, 0.6) is 0 Å². The fraction of sp³-hybridized carbons (Fsp3) is 0.476. The smallest absolute Gasteiger partial charge is 0.282 e. The summed E-state index contributed by atoms with van der Waals surface area (Å²) < 4.78 is 0. The molecule has 1 fully saturated rings. The second kappa shape index (κ2) is 8.12. The van der Waals surface area contributed by atoms with Gasteiger partial charge in [-0.2, -0.15) is 0 Å². The number of fused-ring (bicyclic) bond motifs is 1. The Hall–Kier alpha value is -2.45. The highest BCUT2D eigenvalue weighted by Crippen LogP contribution is 2.25. The molecule has 0 saturated carbocycles. The molecule has 2 N–H and O–H groups in total. The number of anilines is 1.